The van der Waals surface area contributed by atoms with Crippen LogP contribution in [0, 0.1) is 6.92 Å². The maximum absolute atomic E-state index is 11.2. The molecule has 5 heteroatoms. The van der Waals surface area contributed by atoms with E-state index in [2.05, 4.69) is 14.8 Å². The Bertz CT molecular complexity index is 411. The normalized spacial score (nSPS) is 11.3. The largest absolute Gasteiger partial charge is 0.495 e. The first-order chi connectivity index (χ1) is 5.95. The molecule has 0 saturated heterocycles. The van der Waals surface area contributed by atoms with Gasteiger partial charge in [-0.25, -0.2) is 8.42 Å². The van der Waals surface area contributed by atoms with E-state index in [0.717, 1.165) is 5.56 Å². The van der Waals surface area contributed by atoms with Gasteiger partial charge in [-0.1, -0.05) is 6.07 Å². The number of halogens is 1. The van der Waals surface area contributed by atoms with Crippen LogP contribution in [0.3, 0.4) is 0 Å². The lowest BCUT2D eigenvalue weighted by molar-refractivity contribution is 0.403. The van der Waals surface area contributed by atoms with Crippen molar-refractivity contribution in [1.82, 2.24) is 0 Å². The lowest BCUT2D eigenvalue weighted by Crippen LogP contribution is -1.95. The number of methoxy groups -OCH3 is 1. The summed E-state index contributed by atoms with van der Waals surface area (Å²) in [5.41, 5.74) is 0.874. The van der Waals surface area contributed by atoms with E-state index in [1.807, 2.05) is 6.92 Å². The van der Waals surface area contributed by atoms with Gasteiger partial charge in [0.05, 0.1) is 21.9 Å². The second kappa shape index (κ2) is 3.67. The third kappa shape index (κ3) is 2.45. The third-order valence-electron chi connectivity index (χ3n) is 1.58. The average molecular weight is 265 g/mol. The van der Waals surface area contributed by atoms with Crippen LogP contribution in [-0.2, 0) is 8.27 Å². The molecule has 0 atom stereocenters. The fourth-order valence-corrected chi connectivity index (χ4v) is 2.45. The molecule has 72 valence electrons. The van der Waals surface area contributed by atoms with Gasteiger partial charge in [0.1, 0.15) is 10.6 Å². The molecule has 0 fully saturated rings. The smallest absolute Gasteiger partial charge is 0.241 e. The van der Waals surface area contributed by atoms with Crippen LogP contribution in [0.15, 0.2) is 23.1 Å². The van der Waals surface area contributed by atoms with Gasteiger partial charge >= 0.3 is 0 Å². The quantitative estimate of drug-likeness (QED) is 0.769. The molecule has 0 aliphatic carbocycles. The summed E-state index contributed by atoms with van der Waals surface area (Å²) in [6.07, 6.45) is 0. The van der Waals surface area contributed by atoms with Gasteiger partial charge in [0, 0.05) is 0 Å². The zero-order valence-electron chi connectivity index (χ0n) is 7.24. The standard InChI is InChI=1S/C8H9BrO3S/c1-6-3-4-7(12-2)8(5-6)13(9,10)11/h3-5H,1-2H3. The van der Waals surface area contributed by atoms with Crippen LogP contribution < -0.4 is 4.74 Å². The molecule has 0 aromatic heterocycles. The van der Waals surface area contributed by atoms with Gasteiger partial charge in [-0.05, 0) is 24.6 Å². The number of hydrogen-bond acceptors (Lipinski definition) is 3. The van der Waals surface area contributed by atoms with E-state index in [1.54, 1.807) is 18.2 Å². The lowest BCUT2D eigenvalue weighted by Gasteiger charge is -2.05. The molecule has 0 saturated carbocycles. The van der Waals surface area contributed by atoms with Gasteiger partial charge in [0.2, 0.25) is 8.27 Å². The third-order valence-corrected chi connectivity index (χ3v) is 3.47. The van der Waals surface area contributed by atoms with E-state index in [9.17, 15) is 8.42 Å². The maximum atomic E-state index is 11.2. The summed E-state index contributed by atoms with van der Waals surface area (Å²) < 4.78 is 27.3. The highest BCUT2D eigenvalue weighted by atomic mass is 79.9. The van der Waals surface area contributed by atoms with Gasteiger partial charge in [-0.3, -0.25) is 0 Å². The Balaban J connectivity index is 3.41. The van der Waals surface area contributed by atoms with Crippen LogP contribution in [0.1, 0.15) is 5.56 Å². The minimum Gasteiger partial charge on any atom is -0.495 e. The summed E-state index contributed by atoms with van der Waals surface area (Å²) in [5.74, 6) is 0.350. The van der Waals surface area contributed by atoms with Crippen molar-refractivity contribution in [3.8, 4) is 5.75 Å². The number of hydrogen-bond donors (Lipinski definition) is 0. The molecule has 0 N–H and O–H groups in total. The van der Waals surface area contributed by atoms with Crippen LogP contribution in [0.2, 0.25) is 0 Å². The Morgan fingerprint density at radius 3 is 2.46 bits per heavy atom. The summed E-state index contributed by atoms with van der Waals surface area (Å²) in [7, 11) is -1.94. The summed E-state index contributed by atoms with van der Waals surface area (Å²) in [6, 6.07) is 4.98. The molecule has 0 unspecified atom stereocenters. The molecule has 0 radical (unpaired) electrons. The average Bonchev–Trinajstić information content (AvgIpc) is 2.03. The SMILES string of the molecule is COc1ccc(C)cc1S(=O)(=O)Br. The minimum atomic E-state index is -3.38. The Morgan fingerprint density at radius 2 is 2.00 bits per heavy atom. The Labute approximate surface area is 84.8 Å². The van der Waals surface area contributed by atoms with Crippen molar-refractivity contribution in [2.75, 3.05) is 7.11 Å². The Morgan fingerprint density at radius 1 is 1.38 bits per heavy atom. The predicted octanol–water partition coefficient (Wildman–Crippen LogP) is 2.09. The fourth-order valence-electron chi connectivity index (χ4n) is 0.974. The number of rotatable bonds is 2. The molecule has 0 amide bonds. The molecule has 0 aliphatic heterocycles. The van der Waals surface area contributed by atoms with Crippen molar-refractivity contribution >= 4 is 23.1 Å². The maximum Gasteiger partial charge on any atom is 0.241 e. The first-order valence-corrected chi connectivity index (χ1v) is 6.87. The fraction of sp³-hybridized carbons (Fsp3) is 0.250. The molecule has 1 aromatic carbocycles. The van der Waals surface area contributed by atoms with Crippen molar-refractivity contribution in [2.24, 2.45) is 0 Å². The van der Waals surface area contributed by atoms with E-state index in [0.29, 0.717) is 5.75 Å². The molecule has 13 heavy (non-hydrogen) atoms. The zero-order chi connectivity index (χ0) is 10.1. The van der Waals surface area contributed by atoms with E-state index >= 15 is 0 Å². The summed E-state index contributed by atoms with van der Waals surface area (Å²) in [6.45, 7) is 1.82. The highest BCUT2D eigenvalue weighted by molar-refractivity contribution is 9.47. The van der Waals surface area contributed by atoms with E-state index in [4.69, 9.17) is 4.74 Å². The van der Waals surface area contributed by atoms with Gasteiger partial charge < -0.3 is 4.74 Å². The summed E-state index contributed by atoms with van der Waals surface area (Å²) in [5, 5.41) is 0. The lowest BCUT2D eigenvalue weighted by atomic mass is 10.2. The number of benzene rings is 1. The van der Waals surface area contributed by atoms with Crippen molar-refractivity contribution in [3.63, 3.8) is 0 Å². The Hall–Kier alpha value is -0.550. The molecule has 0 bridgehead atoms. The predicted molar refractivity (Wildman–Crippen MR) is 53.8 cm³/mol. The molecule has 0 heterocycles. The van der Waals surface area contributed by atoms with Crippen LogP contribution in [-0.4, -0.2) is 15.5 Å². The molecule has 1 aromatic rings. The number of ether oxygens (including phenoxy) is 1. The first-order valence-electron chi connectivity index (χ1n) is 3.54. The molecular weight excluding hydrogens is 256 g/mol. The van der Waals surface area contributed by atoms with Crippen LogP contribution in [0.4, 0.5) is 0 Å². The molecular formula is C8H9BrO3S. The van der Waals surface area contributed by atoms with Crippen LogP contribution in [0.25, 0.3) is 0 Å². The highest BCUT2D eigenvalue weighted by Gasteiger charge is 2.15. The molecule has 0 aliphatic rings. The second-order valence-electron chi connectivity index (χ2n) is 2.59. The summed E-state index contributed by atoms with van der Waals surface area (Å²) >= 11 is 2.60. The van der Waals surface area contributed by atoms with Crippen molar-refractivity contribution in [1.29, 1.82) is 0 Å². The second-order valence-corrected chi connectivity index (χ2v) is 6.46. The van der Waals surface area contributed by atoms with Crippen LogP contribution >= 0.6 is 14.8 Å². The van der Waals surface area contributed by atoms with Gasteiger partial charge in [0.15, 0.2) is 0 Å². The van der Waals surface area contributed by atoms with Crippen LogP contribution in [0.5, 0.6) is 5.75 Å². The zero-order valence-corrected chi connectivity index (χ0v) is 9.65. The van der Waals surface area contributed by atoms with E-state index in [1.165, 1.54) is 7.11 Å². The van der Waals surface area contributed by atoms with Gasteiger partial charge in [0.25, 0.3) is 0 Å². The van der Waals surface area contributed by atoms with Crippen molar-refractivity contribution < 1.29 is 13.2 Å². The topological polar surface area (TPSA) is 43.4 Å². The van der Waals surface area contributed by atoms with E-state index < -0.39 is 8.27 Å². The first kappa shape index (κ1) is 10.5. The van der Waals surface area contributed by atoms with Gasteiger partial charge in [-0.2, -0.15) is 0 Å². The van der Waals surface area contributed by atoms with E-state index in [-0.39, 0.29) is 4.90 Å². The highest BCUT2D eigenvalue weighted by Crippen LogP contribution is 2.28. The Kier molecular flexibility index (Phi) is 2.98. The molecule has 1 rings (SSSR count). The monoisotopic (exact) mass is 264 g/mol. The summed E-state index contributed by atoms with van der Waals surface area (Å²) in [4.78, 5) is 0.162. The van der Waals surface area contributed by atoms with Gasteiger partial charge in [-0.15, -0.1) is 0 Å². The molecule has 3 nitrogen and oxygen atoms in total. The molecule has 0 spiro atoms. The minimum absolute atomic E-state index is 0.162. The van der Waals surface area contributed by atoms with Crippen molar-refractivity contribution in [2.45, 2.75) is 11.8 Å². The number of aryl methyl sites for hydroxylation is 1. The van der Waals surface area contributed by atoms with Crippen molar-refractivity contribution in [3.05, 3.63) is 23.8 Å².